The van der Waals surface area contributed by atoms with E-state index in [-0.39, 0.29) is 18.3 Å². The Morgan fingerprint density at radius 1 is 1.07 bits per heavy atom. The number of hydrogen-bond acceptors (Lipinski definition) is 5. The van der Waals surface area contributed by atoms with Gasteiger partial charge >= 0.3 is 0 Å². The zero-order valence-corrected chi connectivity index (χ0v) is 16.7. The molecular weight excluding hydrogens is 342 g/mol. The Hall–Kier alpha value is -1.92. The van der Waals surface area contributed by atoms with Crippen molar-refractivity contribution < 1.29 is 14.3 Å². The van der Waals surface area contributed by atoms with Gasteiger partial charge in [-0.15, -0.1) is 0 Å². The molecule has 6 nitrogen and oxygen atoms in total. The van der Waals surface area contributed by atoms with E-state index in [0.717, 1.165) is 57.7 Å². The number of nitrogens with one attached hydrogen (secondary N) is 1. The van der Waals surface area contributed by atoms with Gasteiger partial charge < -0.3 is 24.6 Å². The van der Waals surface area contributed by atoms with Gasteiger partial charge in [0.1, 0.15) is 11.5 Å². The maximum atomic E-state index is 11.9. The van der Waals surface area contributed by atoms with Crippen LogP contribution < -0.4 is 10.1 Å². The van der Waals surface area contributed by atoms with Crippen LogP contribution >= 0.6 is 0 Å². The molecule has 0 saturated carbocycles. The number of ether oxygens (including phenoxy) is 1. The topological polar surface area (TPSA) is 61.9 Å². The van der Waals surface area contributed by atoms with Crippen molar-refractivity contribution in [3.05, 3.63) is 29.8 Å². The Kier molecular flexibility index (Phi) is 9.28. The Morgan fingerprint density at radius 3 is 2.37 bits per heavy atom. The molecule has 1 N–H and O–H groups in total. The fraction of sp³-hybridized carbons (Fsp3) is 0.619. The normalized spacial score (nSPS) is 15.5. The van der Waals surface area contributed by atoms with Gasteiger partial charge in [-0.25, -0.2) is 0 Å². The highest BCUT2D eigenvalue weighted by molar-refractivity contribution is 5.77. The summed E-state index contributed by atoms with van der Waals surface area (Å²) in [4.78, 5) is 27.8. The summed E-state index contributed by atoms with van der Waals surface area (Å²) in [5.41, 5.74) is 1.10. The minimum Gasteiger partial charge on any atom is -0.484 e. The second-order valence-corrected chi connectivity index (χ2v) is 7.11. The molecule has 1 aliphatic rings. The molecule has 0 unspecified atom stereocenters. The first-order valence-electron chi connectivity index (χ1n) is 9.99. The van der Waals surface area contributed by atoms with Crippen LogP contribution in [0.5, 0.6) is 5.75 Å². The second-order valence-electron chi connectivity index (χ2n) is 7.11. The van der Waals surface area contributed by atoms with E-state index in [9.17, 15) is 9.59 Å². The van der Waals surface area contributed by atoms with Crippen LogP contribution in [0.2, 0.25) is 0 Å². The number of nitrogens with zero attached hydrogens (tertiary/aromatic N) is 2. The Bertz CT molecular complexity index is 581. The van der Waals surface area contributed by atoms with E-state index in [4.69, 9.17) is 4.74 Å². The number of hydrogen-bond donors (Lipinski definition) is 1. The summed E-state index contributed by atoms with van der Waals surface area (Å²) in [6.07, 6.45) is 2.25. The molecule has 1 fully saturated rings. The molecule has 0 atom stereocenters. The van der Waals surface area contributed by atoms with Crippen molar-refractivity contribution in [1.82, 2.24) is 15.1 Å². The molecule has 1 aromatic carbocycles. The highest BCUT2D eigenvalue weighted by Gasteiger charge is 2.14. The molecule has 0 aromatic heterocycles. The molecule has 0 spiro atoms. The number of benzene rings is 1. The lowest BCUT2D eigenvalue weighted by atomic mass is 10.1. The van der Waals surface area contributed by atoms with Crippen molar-refractivity contribution in [3.63, 3.8) is 0 Å². The quantitative estimate of drug-likeness (QED) is 0.597. The van der Waals surface area contributed by atoms with E-state index in [0.29, 0.717) is 18.7 Å². The predicted octanol–water partition coefficient (Wildman–Crippen LogP) is 1.73. The minimum absolute atomic E-state index is 0.0297. The Labute approximate surface area is 162 Å². The summed E-state index contributed by atoms with van der Waals surface area (Å²) in [7, 11) is 0. The van der Waals surface area contributed by atoms with Crippen molar-refractivity contribution in [2.24, 2.45) is 0 Å². The average molecular weight is 376 g/mol. The summed E-state index contributed by atoms with van der Waals surface area (Å²) in [6, 6.07) is 7.57. The molecule has 1 heterocycles. The number of aryl methyl sites for hydroxylation is 1. The number of ketones is 1. The van der Waals surface area contributed by atoms with Gasteiger partial charge in [0.05, 0.1) is 0 Å². The van der Waals surface area contributed by atoms with Crippen LogP contribution in [0.4, 0.5) is 0 Å². The van der Waals surface area contributed by atoms with E-state index in [1.54, 1.807) is 6.92 Å². The second kappa shape index (κ2) is 11.7. The highest BCUT2D eigenvalue weighted by Crippen LogP contribution is 2.13. The molecule has 1 saturated heterocycles. The number of Topliss-reactive ketones (excluding diaryl/α,β-unsaturated/α-hetero) is 1. The molecular formula is C21H33N3O3. The third-order valence-electron chi connectivity index (χ3n) is 4.94. The average Bonchev–Trinajstić information content (AvgIpc) is 2.69. The van der Waals surface area contributed by atoms with Gasteiger partial charge in [0, 0.05) is 39.1 Å². The van der Waals surface area contributed by atoms with Crippen LogP contribution in [0.15, 0.2) is 24.3 Å². The maximum Gasteiger partial charge on any atom is 0.257 e. The number of amides is 1. The van der Waals surface area contributed by atoms with Crippen molar-refractivity contribution in [1.29, 1.82) is 0 Å². The lowest BCUT2D eigenvalue weighted by Crippen LogP contribution is -2.46. The van der Waals surface area contributed by atoms with Gasteiger partial charge in [-0.05, 0) is 50.6 Å². The van der Waals surface area contributed by atoms with Gasteiger partial charge in [0.25, 0.3) is 5.91 Å². The van der Waals surface area contributed by atoms with Crippen LogP contribution in [0, 0.1) is 0 Å². The SMILES string of the molecule is CCN1CCN(CCCNC(=O)COc2ccc(CCC(C)=O)cc2)CC1. The predicted molar refractivity (Wildman–Crippen MR) is 107 cm³/mol. The molecule has 0 bridgehead atoms. The summed E-state index contributed by atoms with van der Waals surface area (Å²) in [5.74, 6) is 0.771. The van der Waals surface area contributed by atoms with Crippen LogP contribution in [0.25, 0.3) is 0 Å². The lowest BCUT2D eigenvalue weighted by molar-refractivity contribution is -0.123. The lowest BCUT2D eigenvalue weighted by Gasteiger charge is -2.33. The summed E-state index contributed by atoms with van der Waals surface area (Å²) in [5, 5.41) is 2.92. The fourth-order valence-corrected chi connectivity index (χ4v) is 3.13. The van der Waals surface area contributed by atoms with E-state index in [2.05, 4.69) is 22.0 Å². The van der Waals surface area contributed by atoms with Gasteiger partial charge in [0.2, 0.25) is 0 Å². The third kappa shape index (κ3) is 8.54. The van der Waals surface area contributed by atoms with Crippen molar-refractivity contribution in [3.8, 4) is 5.75 Å². The van der Waals surface area contributed by atoms with E-state index in [1.807, 2.05) is 24.3 Å². The van der Waals surface area contributed by atoms with Gasteiger partial charge in [-0.1, -0.05) is 19.1 Å². The molecule has 1 aromatic rings. The molecule has 0 aliphatic carbocycles. The number of likely N-dealkylation sites (N-methyl/N-ethyl adjacent to an activating group) is 1. The van der Waals surface area contributed by atoms with Gasteiger partial charge in [-0.3, -0.25) is 4.79 Å². The smallest absolute Gasteiger partial charge is 0.257 e. The summed E-state index contributed by atoms with van der Waals surface area (Å²) >= 11 is 0. The largest absolute Gasteiger partial charge is 0.484 e. The summed E-state index contributed by atoms with van der Waals surface area (Å²) < 4.78 is 5.52. The van der Waals surface area contributed by atoms with E-state index in [1.165, 1.54) is 0 Å². The first kappa shape index (κ1) is 21.4. The zero-order valence-electron chi connectivity index (χ0n) is 16.7. The Balaban J connectivity index is 1.55. The van der Waals surface area contributed by atoms with Gasteiger partial charge in [0.15, 0.2) is 6.61 Å². The molecule has 0 radical (unpaired) electrons. The molecule has 1 amide bonds. The van der Waals surface area contributed by atoms with Crippen LogP contribution in [-0.4, -0.2) is 73.9 Å². The molecule has 1 aliphatic heterocycles. The number of carbonyl (C=O) groups is 2. The zero-order chi connectivity index (χ0) is 19.5. The molecule has 150 valence electrons. The number of rotatable bonds is 11. The van der Waals surface area contributed by atoms with E-state index >= 15 is 0 Å². The minimum atomic E-state index is -0.0912. The van der Waals surface area contributed by atoms with Crippen molar-refractivity contribution in [2.45, 2.75) is 33.1 Å². The van der Waals surface area contributed by atoms with Gasteiger partial charge in [-0.2, -0.15) is 0 Å². The first-order chi connectivity index (χ1) is 13.1. The first-order valence-corrected chi connectivity index (χ1v) is 9.99. The van der Waals surface area contributed by atoms with Crippen molar-refractivity contribution in [2.75, 3.05) is 52.4 Å². The number of piperazine rings is 1. The van der Waals surface area contributed by atoms with Crippen LogP contribution in [-0.2, 0) is 16.0 Å². The summed E-state index contributed by atoms with van der Waals surface area (Å²) in [6.45, 7) is 11.2. The van der Waals surface area contributed by atoms with Crippen molar-refractivity contribution >= 4 is 11.7 Å². The molecule has 2 rings (SSSR count). The third-order valence-corrected chi connectivity index (χ3v) is 4.94. The van der Waals surface area contributed by atoms with Crippen LogP contribution in [0.3, 0.4) is 0 Å². The number of carbonyl (C=O) groups excluding carboxylic acids is 2. The van der Waals surface area contributed by atoms with E-state index < -0.39 is 0 Å². The molecule has 27 heavy (non-hydrogen) atoms. The standard InChI is InChI=1S/C21H33N3O3/c1-3-23-13-15-24(16-14-23)12-4-11-22-21(26)17-27-20-9-7-19(8-10-20)6-5-18(2)25/h7-10H,3-6,11-17H2,1-2H3,(H,22,26). The fourth-order valence-electron chi connectivity index (χ4n) is 3.13. The van der Waals surface area contributed by atoms with Crippen LogP contribution in [0.1, 0.15) is 32.3 Å². The molecule has 6 heteroatoms. The highest BCUT2D eigenvalue weighted by atomic mass is 16.5. The monoisotopic (exact) mass is 375 g/mol. The Morgan fingerprint density at radius 2 is 1.74 bits per heavy atom. The maximum absolute atomic E-state index is 11.9.